The van der Waals surface area contributed by atoms with Gasteiger partial charge in [-0.15, -0.1) is 0 Å². The highest BCUT2D eigenvalue weighted by molar-refractivity contribution is 5.90. The first-order valence-electron chi connectivity index (χ1n) is 6.14. The van der Waals surface area contributed by atoms with Crippen molar-refractivity contribution in [3.05, 3.63) is 29.6 Å². The third-order valence-corrected chi connectivity index (χ3v) is 2.84. The Morgan fingerprint density at radius 1 is 1.36 bits per heavy atom. The van der Waals surface area contributed by atoms with Crippen LogP contribution in [0.25, 0.3) is 0 Å². The van der Waals surface area contributed by atoms with Crippen LogP contribution in [-0.4, -0.2) is 35.6 Å². The quantitative estimate of drug-likeness (QED) is 0.837. The number of carbonyl (C=O) groups excluding carboxylic acids is 1. The van der Waals surface area contributed by atoms with Crippen molar-refractivity contribution in [2.75, 3.05) is 18.9 Å². The summed E-state index contributed by atoms with van der Waals surface area (Å²) in [5, 5.41) is 10.7. The maximum atomic E-state index is 12.9. The topological polar surface area (TPSA) is 69.6 Å². The molecule has 0 bridgehead atoms. The Hall–Kier alpha value is -2.32. The normalized spacial score (nSPS) is 12.6. The van der Waals surface area contributed by atoms with E-state index in [0.29, 0.717) is 0 Å². The smallest absolute Gasteiger partial charge is 0.418 e. The van der Waals surface area contributed by atoms with E-state index in [0.717, 1.165) is 17.0 Å². The van der Waals surface area contributed by atoms with E-state index in [4.69, 9.17) is 5.11 Å². The van der Waals surface area contributed by atoms with Gasteiger partial charge in [-0.2, -0.15) is 13.2 Å². The average Bonchev–Trinajstić information content (AvgIpc) is 2.39. The van der Waals surface area contributed by atoms with Crippen LogP contribution in [0.15, 0.2) is 18.2 Å². The summed E-state index contributed by atoms with van der Waals surface area (Å²) >= 11 is 0. The molecule has 1 unspecified atom stereocenters. The van der Waals surface area contributed by atoms with E-state index in [9.17, 15) is 27.2 Å². The number of aliphatic carboxylic acids is 1. The summed E-state index contributed by atoms with van der Waals surface area (Å²) in [5.74, 6) is -3.11. The highest BCUT2D eigenvalue weighted by Gasteiger charge is 2.34. The Balaban J connectivity index is 2.91. The molecule has 1 atom stereocenters. The lowest BCUT2D eigenvalue weighted by molar-refractivity contribution is -0.141. The van der Waals surface area contributed by atoms with Crippen LogP contribution in [0.1, 0.15) is 12.5 Å². The fourth-order valence-electron chi connectivity index (χ4n) is 1.64. The number of amides is 2. The van der Waals surface area contributed by atoms with E-state index in [1.165, 1.54) is 14.0 Å². The van der Waals surface area contributed by atoms with Gasteiger partial charge < -0.3 is 15.3 Å². The number of carboxylic acids is 1. The number of carboxylic acid groups (broad SMARTS) is 1. The van der Waals surface area contributed by atoms with E-state index < -0.39 is 41.2 Å². The zero-order chi connectivity index (χ0) is 17.1. The molecule has 0 aliphatic heterocycles. The van der Waals surface area contributed by atoms with Gasteiger partial charge in [0.05, 0.1) is 17.2 Å². The van der Waals surface area contributed by atoms with Crippen molar-refractivity contribution < 1.29 is 32.3 Å². The molecule has 0 heterocycles. The second kappa shape index (κ2) is 6.63. The van der Waals surface area contributed by atoms with Crippen molar-refractivity contribution in [2.45, 2.75) is 13.1 Å². The molecular formula is C13H14F4N2O3. The molecule has 1 rings (SSSR count). The van der Waals surface area contributed by atoms with Gasteiger partial charge in [-0.05, 0) is 18.2 Å². The fraction of sp³-hybridized carbons (Fsp3) is 0.385. The van der Waals surface area contributed by atoms with Crippen LogP contribution in [0.4, 0.5) is 28.0 Å². The highest BCUT2D eigenvalue weighted by atomic mass is 19.4. The maximum Gasteiger partial charge on any atom is 0.418 e. The Labute approximate surface area is 123 Å². The number of rotatable bonds is 4. The molecule has 0 saturated heterocycles. The van der Waals surface area contributed by atoms with Crippen molar-refractivity contribution in [3.63, 3.8) is 0 Å². The second-order valence-corrected chi connectivity index (χ2v) is 4.74. The minimum atomic E-state index is -4.84. The molecule has 0 saturated carbocycles. The zero-order valence-electron chi connectivity index (χ0n) is 11.7. The molecule has 0 aliphatic carbocycles. The molecule has 2 N–H and O–H groups in total. The van der Waals surface area contributed by atoms with Crippen LogP contribution in [0, 0.1) is 11.7 Å². The molecule has 0 radical (unpaired) electrons. The first kappa shape index (κ1) is 17.7. The van der Waals surface area contributed by atoms with E-state index >= 15 is 0 Å². The number of hydrogen-bond acceptors (Lipinski definition) is 2. The van der Waals surface area contributed by atoms with E-state index in [2.05, 4.69) is 0 Å². The lowest BCUT2D eigenvalue weighted by Gasteiger charge is -2.21. The van der Waals surface area contributed by atoms with Gasteiger partial charge in [0.1, 0.15) is 5.82 Å². The Morgan fingerprint density at radius 2 is 1.95 bits per heavy atom. The molecular weight excluding hydrogens is 308 g/mol. The second-order valence-electron chi connectivity index (χ2n) is 4.74. The number of halogens is 4. The molecule has 9 heteroatoms. The number of carbonyl (C=O) groups is 2. The van der Waals surface area contributed by atoms with Crippen molar-refractivity contribution in [2.24, 2.45) is 5.92 Å². The summed E-state index contributed by atoms with van der Waals surface area (Å²) in [7, 11) is 1.24. The van der Waals surface area contributed by atoms with Gasteiger partial charge in [-0.1, -0.05) is 6.92 Å². The molecule has 0 spiro atoms. The third-order valence-electron chi connectivity index (χ3n) is 2.84. The number of alkyl halides is 3. The monoisotopic (exact) mass is 322 g/mol. The number of benzene rings is 1. The summed E-state index contributed by atoms with van der Waals surface area (Å²) in [4.78, 5) is 23.4. The number of urea groups is 1. The molecule has 1 aromatic rings. The maximum absolute atomic E-state index is 12.9. The van der Waals surface area contributed by atoms with Crippen LogP contribution in [0.3, 0.4) is 0 Å². The first-order valence-corrected chi connectivity index (χ1v) is 6.14. The standard InChI is InChI=1S/C13H14F4N2O3/c1-7(11(20)21)6-19(2)12(22)18-10-4-3-8(14)5-9(10)13(15,16)17/h3-5,7H,6H2,1-2H3,(H,18,22)(H,20,21). The SMILES string of the molecule is CC(CN(C)C(=O)Nc1ccc(F)cc1C(F)(F)F)C(=O)O. The summed E-state index contributed by atoms with van der Waals surface area (Å²) in [5.41, 5.74) is -1.92. The Kier molecular flexibility index (Phi) is 5.34. The predicted molar refractivity (Wildman–Crippen MR) is 69.9 cm³/mol. The molecule has 22 heavy (non-hydrogen) atoms. The minimum Gasteiger partial charge on any atom is -0.481 e. The minimum absolute atomic E-state index is 0.191. The van der Waals surface area contributed by atoms with Gasteiger partial charge in [0, 0.05) is 13.6 Å². The Bertz CT molecular complexity index is 575. The zero-order valence-corrected chi connectivity index (χ0v) is 11.7. The van der Waals surface area contributed by atoms with Crippen LogP contribution >= 0.6 is 0 Å². The predicted octanol–water partition coefficient (Wildman–Crippen LogP) is 3.03. The van der Waals surface area contributed by atoms with Crippen molar-refractivity contribution >= 4 is 17.7 Å². The summed E-state index contributed by atoms with van der Waals surface area (Å²) < 4.78 is 51.3. The summed E-state index contributed by atoms with van der Waals surface area (Å²) in [6.07, 6.45) is -4.84. The van der Waals surface area contributed by atoms with Crippen molar-refractivity contribution in [1.82, 2.24) is 4.90 Å². The van der Waals surface area contributed by atoms with Crippen LogP contribution in [0.2, 0.25) is 0 Å². The number of nitrogens with zero attached hydrogens (tertiary/aromatic N) is 1. The third kappa shape index (κ3) is 4.61. The molecule has 0 aliphatic rings. The highest BCUT2D eigenvalue weighted by Crippen LogP contribution is 2.35. The molecule has 0 fully saturated rings. The Morgan fingerprint density at radius 3 is 2.45 bits per heavy atom. The number of anilines is 1. The lowest BCUT2D eigenvalue weighted by atomic mass is 10.1. The van der Waals surface area contributed by atoms with Gasteiger partial charge in [-0.25, -0.2) is 9.18 Å². The summed E-state index contributed by atoms with van der Waals surface area (Å²) in [6, 6.07) is 0.926. The molecule has 2 amide bonds. The van der Waals surface area contributed by atoms with Crippen LogP contribution in [0.5, 0.6) is 0 Å². The first-order chi connectivity index (χ1) is 10.0. The molecule has 122 valence electrons. The lowest BCUT2D eigenvalue weighted by Crippen LogP contribution is -2.37. The van der Waals surface area contributed by atoms with E-state index in [-0.39, 0.29) is 12.6 Å². The van der Waals surface area contributed by atoms with E-state index in [1.54, 1.807) is 0 Å². The van der Waals surface area contributed by atoms with Gasteiger partial charge in [0.2, 0.25) is 0 Å². The van der Waals surface area contributed by atoms with Crippen molar-refractivity contribution in [1.29, 1.82) is 0 Å². The number of hydrogen-bond donors (Lipinski definition) is 2. The van der Waals surface area contributed by atoms with Gasteiger partial charge in [0.25, 0.3) is 0 Å². The van der Waals surface area contributed by atoms with E-state index in [1.807, 2.05) is 5.32 Å². The van der Waals surface area contributed by atoms with Gasteiger partial charge in [0.15, 0.2) is 0 Å². The van der Waals surface area contributed by atoms with Gasteiger partial charge in [-0.3, -0.25) is 4.79 Å². The molecule has 0 aromatic heterocycles. The van der Waals surface area contributed by atoms with Crippen LogP contribution in [-0.2, 0) is 11.0 Å². The summed E-state index contributed by atoms with van der Waals surface area (Å²) in [6.45, 7) is 1.16. The fourth-order valence-corrected chi connectivity index (χ4v) is 1.64. The molecule has 1 aromatic carbocycles. The largest absolute Gasteiger partial charge is 0.481 e. The van der Waals surface area contributed by atoms with Crippen molar-refractivity contribution in [3.8, 4) is 0 Å². The number of nitrogens with one attached hydrogen (secondary N) is 1. The average molecular weight is 322 g/mol. The molecule has 5 nitrogen and oxygen atoms in total. The van der Waals surface area contributed by atoms with Gasteiger partial charge >= 0.3 is 18.2 Å². The van der Waals surface area contributed by atoms with Crippen LogP contribution < -0.4 is 5.32 Å².